The van der Waals surface area contributed by atoms with Crippen molar-refractivity contribution in [2.24, 2.45) is 16.6 Å². The summed E-state index contributed by atoms with van der Waals surface area (Å²) >= 11 is 3.20. The zero-order valence-electron chi connectivity index (χ0n) is 12.4. The summed E-state index contributed by atoms with van der Waals surface area (Å²) in [5.74, 6) is 0.902. The lowest BCUT2D eigenvalue weighted by atomic mass is 9.80. The monoisotopic (exact) mass is 349 g/mol. The summed E-state index contributed by atoms with van der Waals surface area (Å²) in [6, 6.07) is 5.50. The number of pyridine rings is 1. The van der Waals surface area contributed by atoms with Crippen LogP contribution in [0.3, 0.4) is 0 Å². The van der Waals surface area contributed by atoms with Gasteiger partial charge in [0.1, 0.15) is 5.54 Å². The van der Waals surface area contributed by atoms with Crippen LogP contribution < -0.4 is 5.73 Å². The van der Waals surface area contributed by atoms with E-state index < -0.39 is 11.5 Å². The predicted octanol–water partition coefficient (Wildman–Crippen LogP) is 3.24. The first kappa shape index (κ1) is 15.1. The average Bonchev–Trinajstić information content (AvgIpc) is 3.05. The van der Waals surface area contributed by atoms with Crippen LogP contribution in [0.1, 0.15) is 11.3 Å². The quantitative estimate of drug-likeness (QED) is 0.846. The van der Waals surface area contributed by atoms with Crippen molar-refractivity contribution in [2.45, 2.75) is 12.0 Å². The van der Waals surface area contributed by atoms with Gasteiger partial charge in [-0.05, 0) is 35.6 Å². The third kappa shape index (κ3) is 2.56. The largest absolute Gasteiger partial charge is 0.379 e. The number of thioether (sulfide) groups is 1. The Labute approximate surface area is 142 Å². The fraction of sp³-hybridized carbons (Fsp3) is 0.375. The highest BCUT2D eigenvalue weighted by Crippen LogP contribution is 2.47. The van der Waals surface area contributed by atoms with E-state index in [0.717, 1.165) is 29.2 Å². The number of aliphatic imine (C=N–C) groups is 1. The number of nitrogens with zero attached hydrogens (tertiary/aromatic N) is 2. The number of fused-ring (bicyclic) bond motifs is 1. The zero-order chi connectivity index (χ0) is 15.9. The van der Waals surface area contributed by atoms with Crippen molar-refractivity contribution in [3.63, 3.8) is 0 Å². The maximum atomic E-state index is 13.9. The first-order valence-corrected chi connectivity index (χ1v) is 9.31. The Morgan fingerprint density at radius 1 is 1.43 bits per heavy atom. The fourth-order valence-electron chi connectivity index (χ4n) is 3.20. The molecule has 1 saturated heterocycles. The topological polar surface area (TPSA) is 60.5 Å². The van der Waals surface area contributed by atoms with E-state index in [0.29, 0.717) is 23.3 Å². The van der Waals surface area contributed by atoms with E-state index in [1.807, 2.05) is 11.4 Å². The molecule has 23 heavy (non-hydrogen) atoms. The number of halogens is 1. The minimum atomic E-state index is -0.451. The second-order valence-electron chi connectivity index (χ2n) is 5.76. The molecule has 0 amide bonds. The maximum absolute atomic E-state index is 13.9. The van der Waals surface area contributed by atoms with E-state index in [9.17, 15) is 4.39 Å². The van der Waals surface area contributed by atoms with Gasteiger partial charge in [-0.2, -0.15) is 4.39 Å². The van der Waals surface area contributed by atoms with E-state index in [2.05, 4.69) is 4.98 Å². The van der Waals surface area contributed by atoms with E-state index in [1.165, 1.54) is 6.20 Å². The second-order valence-corrected chi connectivity index (χ2v) is 7.72. The highest BCUT2D eigenvalue weighted by molar-refractivity contribution is 8.13. The van der Waals surface area contributed by atoms with Crippen LogP contribution in [0.25, 0.3) is 11.1 Å². The Balaban J connectivity index is 1.78. The summed E-state index contributed by atoms with van der Waals surface area (Å²) in [5.41, 5.74) is 6.93. The average molecular weight is 349 g/mol. The molecular formula is C16H16FN3OS2. The van der Waals surface area contributed by atoms with E-state index in [1.54, 1.807) is 35.2 Å². The third-order valence-corrected chi connectivity index (χ3v) is 6.50. The molecule has 7 heteroatoms. The predicted molar refractivity (Wildman–Crippen MR) is 92.2 cm³/mol. The van der Waals surface area contributed by atoms with Gasteiger partial charge < -0.3 is 10.5 Å². The van der Waals surface area contributed by atoms with Gasteiger partial charge in [0, 0.05) is 34.9 Å². The van der Waals surface area contributed by atoms with E-state index in [-0.39, 0.29) is 0 Å². The molecule has 0 radical (unpaired) electrons. The lowest BCUT2D eigenvalue weighted by molar-refractivity contribution is 0.00613. The lowest BCUT2D eigenvalue weighted by Gasteiger charge is -2.42. The van der Waals surface area contributed by atoms with Crippen LogP contribution in [-0.4, -0.2) is 29.1 Å². The van der Waals surface area contributed by atoms with Crippen molar-refractivity contribution in [3.05, 3.63) is 40.6 Å². The molecule has 1 fully saturated rings. The highest BCUT2D eigenvalue weighted by Gasteiger charge is 2.46. The molecule has 0 saturated carbocycles. The van der Waals surface area contributed by atoms with E-state index >= 15 is 0 Å². The first-order chi connectivity index (χ1) is 11.2. The lowest BCUT2D eigenvalue weighted by Crippen LogP contribution is -2.47. The number of hydrogen-bond acceptors (Lipinski definition) is 6. The van der Waals surface area contributed by atoms with Crippen molar-refractivity contribution in [2.75, 3.05) is 19.0 Å². The summed E-state index contributed by atoms with van der Waals surface area (Å²) in [7, 11) is 0. The summed E-state index contributed by atoms with van der Waals surface area (Å²) in [6.07, 6.45) is 2.43. The smallest absolute Gasteiger partial charge is 0.220 e. The zero-order valence-corrected chi connectivity index (χ0v) is 14.0. The van der Waals surface area contributed by atoms with Crippen LogP contribution in [0.4, 0.5) is 4.39 Å². The number of aromatic nitrogens is 1. The minimum Gasteiger partial charge on any atom is -0.379 e. The Bertz CT molecular complexity index is 763. The molecule has 2 aliphatic heterocycles. The van der Waals surface area contributed by atoms with Crippen molar-refractivity contribution in [3.8, 4) is 11.1 Å². The van der Waals surface area contributed by atoms with Crippen LogP contribution in [0, 0.1) is 11.9 Å². The second kappa shape index (κ2) is 5.89. The van der Waals surface area contributed by atoms with Crippen molar-refractivity contribution >= 4 is 28.3 Å². The summed E-state index contributed by atoms with van der Waals surface area (Å²) in [5, 5.41) is 2.57. The highest BCUT2D eigenvalue weighted by atomic mass is 32.2. The number of thiophene rings is 1. The Hall–Kier alpha value is -1.44. The summed E-state index contributed by atoms with van der Waals surface area (Å²) in [6.45, 7) is 1.30. The molecule has 2 N–H and O–H groups in total. The molecule has 4 rings (SSSR count). The van der Waals surface area contributed by atoms with Crippen LogP contribution in [0.2, 0.25) is 0 Å². The number of ether oxygens (including phenoxy) is 1. The fourth-order valence-corrected chi connectivity index (χ4v) is 5.36. The first-order valence-electron chi connectivity index (χ1n) is 7.45. The van der Waals surface area contributed by atoms with Crippen molar-refractivity contribution in [1.82, 2.24) is 4.98 Å². The Kier molecular flexibility index (Phi) is 3.87. The molecule has 120 valence electrons. The van der Waals surface area contributed by atoms with Gasteiger partial charge in [0.2, 0.25) is 5.95 Å². The molecule has 0 aliphatic carbocycles. The van der Waals surface area contributed by atoms with Gasteiger partial charge in [-0.3, -0.25) is 0 Å². The molecule has 0 spiro atoms. The van der Waals surface area contributed by atoms with Gasteiger partial charge in [0.15, 0.2) is 5.17 Å². The van der Waals surface area contributed by atoms with Gasteiger partial charge in [-0.25, -0.2) is 9.98 Å². The van der Waals surface area contributed by atoms with Gasteiger partial charge in [0.25, 0.3) is 0 Å². The van der Waals surface area contributed by atoms with Crippen LogP contribution in [-0.2, 0) is 10.3 Å². The summed E-state index contributed by atoms with van der Waals surface area (Å²) < 4.78 is 19.7. The SMILES string of the molecule is NC1=NC2(c3cc(-c4cccnc4F)cs3)COCC[C@H]2CS1. The molecule has 0 bridgehead atoms. The normalized spacial score (nSPS) is 27.3. The molecule has 2 atom stereocenters. The van der Waals surface area contributed by atoms with Crippen molar-refractivity contribution in [1.29, 1.82) is 0 Å². The van der Waals surface area contributed by atoms with Gasteiger partial charge in [-0.1, -0.05) is 11.8 Å². The summed E-state index contributed by atoms with van der Waals surface area (Å²) in [4.78, 5) is 9.59. The molecule has 2 aromatic heterocycles. The number of hydrogen-bond donors (Lipinski definition) is 1. The third-order valence-electron chi connectivity index (χ3n) is 4.45. The van der Waals surface area contributed by atoms with Crippen LogP contribution >= 0.6 is 23.1 Å². The molecule has 2 aliphatic rings. The van der Waals surface area contributed by atoms with Crippen LogP contribution in [0.5, 0.6) is 0 Å². The van der Waals surface area contributed by atoms with Crippen LogP contribution in [0.15, 0.2) is 34.8 Å². The minimum absolute atomic E-state index is 0.402. The molecule has 4 nitrogen and oxygen atoms in total. The van der Waals surface area contributed by atoms with Crippen molar-refractivity contribution < 1.29 is 9.13 Å². The maximum Gasteiger partial charge on any atom is 0.220 e. The number of nitrogens with two attached hydrogens (primary N) is 1. The number of rotatable bonds is 2. The van der Waals surface area contributed by atoms with Gasteiger partial charge in [0.05, 0.1) is 6.61 Å². The molecule has 0 aromatic carbocycles. The van der Waals surface area contributed by atoms with E-state index in [4.69, 9.17) is 15.5 Å². The standard InChI is InChI=1S/C16H16FN3OS2/c17-14-12(2-1-4-19-14)10-6-13(22-7-10)16-9-21-5-3-11(16)8-23-15(18)20-16/h1-2,4,6-7,11H,3,5,8-9H2,(H2,18,20)/t11-,16?/m0/s1. The molecule has 1 unspecified atom stereocenters. The molecule has 2 aromatic rings. The molecule has 4 heterocycles. The van der Waals surface area contributed by atoms with Gasteiger partial charge >= 0.3 is 0 Å². The van der Waals surface area contributed by atoms with Gasteiger partial charge in [-0.15, -0.1) is 11.3 Å². The molecular weight excluding hydrogens is 333 g/mol. The Morgan fingerprint density at radius 3 is 3.22 bits per heavy atom. The number of amidine groups is 1. The Morgan fingerprint density at radius 2 is 2.35 bits per heavy atom.